The molecule has 2 aromatic rings. The fourth-order valence-corrected chi connectivity index (χ4v) is 2.57. The van der Waals surface area contributed by atoms with Crippen LogP contribution in [-0.2, 0) is 0 Å². The van der Waals surface area contributed by atoms with Crippen LogP contribution >= 0.6 is 0 Å². The molecule has 1 heterocycles. The number of nitrogen functional groups attached to an aromatic ring is 1. The van der Waals surface area contributed by atoms with E-state index >= 15 is 0 Å². The minimum Gasteiger partial charge on any atom is -0.495 e. The number of anilines is 2. The first-order valence-corrected chi connectivity index (χ1v) is 6.51. The van der Waals surface area contributed by atoms with Crippen LogP contribution in [0.1, 0.15) is 11.5 Å². The highest BCUT2D eigenvalue weighted by Gasteiger charge is 2.29. The zero-order valence-corrected chi connectivity index (χ0v) is 11.0. The Hall–Kier alpha value is -2.16. The molecule has 0 aromatic heterocycles. The summed E-state index contributed by atoms with van der Waals surface area (Å²) in [6.07, 6.45) is 0. The number of hydrogen-bond donors (Lipinski definition) is 1. The summed E-state index contributed by atoms with van der Waals surface area (Å²) in [5.41, 5.74) is 9.14. The van der Waals surface area contributed by atoms with Crippen molar-refractivity contribution in [3.8, 4) is 5.75 Å². The molecular formula is C16H18N2O. The summed E-state index contributed by atoms with van der Waals surface area (Å²) in [7, 11) is 1.70. The third-order valence-electron chi connectivity index (χ3n) is 3.70. The van der Waals surface area contributed by atoms with E-state index in [-0.39, 0.29) is 0 Å². The number of benzene rings is 2. The van der Waals surface area contributed by atoms with Crippen molar-refractivity contribution in [1.29, 1.82) is 0 Å². The highest BCUT2D eigenvalue weighted by atomic mass is 16.5. The van der Waals surface area contributed by atoms with Crippen LogP contribution in [-0.4, -0.2) is 20.2 Å². The molecule has 1 aliphatic rings. The Bertz CT molecular complexity index is 562. The summed E-state index contributed by atoms with van der Waals surface area (Å²) < 4.78 is 5.40. The monoisotopic (exact) mass is 254 g/mol. The van der Waals surface area contributed by atoms with E-state index in [1.54, 1.807) is 7.11 Å². The lowest BCUT2D eigenvalue weighted by molar-refractivity contribution is 0.409. The Morgan fingerprint density at radius 3 is 2.53 bits per heavy atom. The number of rotatable bonds is 3. The van der Waals surface area contributed by atoms with Crippen molar-refractivity contribution in [3.63, 3.8) is 0 Å². The molecule has 98 valence electrons. The molecule has 0 radical (unpaired) electrons. The summed E-state index contributed by atoms with van der Waals surface area (Å²) in [6, 6.07) is 16.4. The van der Waals surface area contributed by atoms with Crippen molar-refractivity contribution < 1.29 is 4.74 Å². The highest BCUT2D eigenvalue weighted by molar-refractivity contribution is 5.66. The standard InChI is InChI=1S/C16H18N2O/c1-19-16-8-7-14(17)9-15(16)18-10-13(11-18)12-5-3-2-4-6-12/h2-9,13H,10-11,17H2,1H3. The molecule has 0 bridgehead atoms. The lowest BCUT2D eigenvalue weighted by Gasteiger charge is -2.42. The smallest absolute Gasteiger partial charge is 0.142 e. The van der Waals surface area contributed by atoms with Gasteiger partial charge in [-0.15, -0.1) is 0 Å². The molecular weight excluding hydrogens is 236 g/mol. The van der Waals surface area contributed by atoms with Gasteiger partial charge in [0.05, 0.1) is 12.8 Å². The molecule has 0 unspecified atom stereocenters. The van der Waals surface area contributed by atoms with Crippen molar-refractivity contribution >= 4 is 11.4 Å². The number of nitrogens with two attached hydrogens (primary N) is 1. The summed E-state index contributed by atoms with van der Waals surface area (Å²) >= 11 is 0. The zero-order valence-electron chi connectivity index (χ0n) is 11.0. The van der Waals surface area contributed by atoms with E-state index in [1.165, 1.54) is 5.56 Å². The van der Waals surface area contributed by atoms with Crippen molar-refractivity contribution in [2.75, 3.05) is 30.8 Å². The number of nitrogens with zero attached hydrogens (tertiary/aromatic N) is 1. The van der Waals surface area contributed by atoms with Gasteiger partial charge in [-0.3, -0.25) is 0 Å². The second kappa shape index (κ2) is 4.84. The topological polar surface area (TPSA) is 38.5 Å². The molecule has 0 atom stereocenters. The van der Waals surface area contributed by atoms with Gasteiger partial charge in [0.25, 0.3) is 0 Å². The first-order chi connectivity index (χ1) is 9.28. The predicted molar refractivity (Wildman–Crippen MR) is 78.8 cm³/mol. The molecule has 19 heavy (non-hydrogen) atoms. The van der Waals surface area contributed by atoms with Gasteiger partial charge in [-0.1, -0.05) is 30.3 Å². The average Bonchev–Trinajstić information content (AvgIpc) is 2.39. The van der Waals surface area contributed by atoms with Crippen LogP contribution in [0, 0.1) is 0 Å². The van der Waals surface area contributed by atoms with Gasteiger partial charge < -0.3 is 15.4 Å². The van der Waals surface area contributed by atoms with E-state index < -0.39 is 0 Å². The predicted octanol–water partition coefficient (Wildman–Crippen LogP) is 2.88. The van der Waals surface area contributed by atoms with Crippen molar-refractivity contribution in [1.82, 2.24) is 0 Å². The van der Waals surface area contributed by atoms with Crippen LogP contribution in [0.2, 0.25) is 0 Å². The van der Waals surface area contributed by atoms with E-state index in [4.69, 9.17) is 10.5 Å². The first-order valence-electron chi connectivity index (χ1n) is 6.51. The lowest BCUT2D eigenvalue weighted by Crippen LogP contribution is -2.45. The van der Waals surface area contributed by atoms with Crippen LogP contribution in [0.4, 0.5) is 11.4 Å². The van der Waals surface area contributed by atoms with Gasteiger partial charge in [0.2, 0.25) is 0 Å². The Morgan fingerprint density at radius 1 is 1.11 bits per heavy atom. The van der Waals surface area contributed by atoms with Crippen molar-refractivity contribution in [2.45, 2.75) is 5.92 Å². The van der Waals surface area contributed by atoms with Gasteiger partial charge in [-0.2, -0.15) is 0 Å². The Kier molecular flexibility index (Phi) is 3.03. The molecule has 2 N–H and O–H groups in total. The van der Waals surface area contributed by atoms with Crippen LogP contribution in [0.15, 0.2) is 48.5 Å². The maximum atomic E-state index is 5.86. The summed E-state index contributed by atoms with van der Waals surface area (Å²) in [5.74, 6) is 1.49. The van der Waals surface area contributed by atoms with Crippen LogP contribution in [0.3, 0.4) is 0 Å². The molecule has 0 aliphatic carbocycles. The third kappa shape index (κ3) is 2.24. The van der Waals surface area contributed by atoms with E-state index in [9.17, 15) is 0 Å². The average molecular weight is 254 g/mol. The van der Waals surface area contributed by atoms with E-state index in [2.05, 4.69) is 35.2 Å². The van der Waals surface area contributed by atoms with Crippen molar-refractivity contribution in [3.05, 3.63) is 54.1 Å². The fraction of sp³-hybridized carbons (Fsp3) is 0.250. The molecule has 0 amide bonds. The molecule has 3 rings (SSSR count). The van der Waals surface area contributed by atoms with Gasteiger partial charge >= 0.3 is 0 Å². The largest absolute Gasteiger partial charge is 0.495 e. The molecule has 1 fully saturated rings. The molecule has 3 heteroatoms. The Morgan fingerprint density at radius 2 is 1.84 bits per heavy atom. The second-order valence-electron chi connectivity index (χ2n) is 4.94. The molecule has 1 aliphatic heterocycles. The quantitative estimate of drug-likeness (QED) is 0.856. The minimum absolute atomic E-state index is 0.604. The third-order valence-corrected chi connectivity index (χ3v) is 3.70. The van der Waals surface area contributed by atoms with E-state index in [0.29, 0.717) is 5.92 Å². The zero-order chi connectivity index (χ0) is 13.2. The maximum absolute atomic E-state index is 5.86. The normalized spacial score (nSPS) is 15.1. The summed E-state index contributed by atoms with van der Waals surface area (Å²) in [5, 5.41) is 0. The summed E-state index contributed by atoms with van der Waals surface area (Å²) in [4.78, 5) is 2.31. The first kappa shape index (κ1) is 11.9. The molecule has 3 nitrogen and oxygen atoms in total. The highest BCUT2D eigenvalue weighted by Crippen LogP contribution is 2.37. The maximum Gasteiger partial charge on any atom is 0.142 e. The molecule has 0 spiro atoms. The van der Waals surface area contributed by atoms with Crippen LogP contribution in [0.5, 0.6) is 5.75 Å². The Labute approximate surface area is 113 Å². The molecule has 0 saturated carbocycles. The SMILES string of the molecule is COc1ccc(N)cc1N1CC(c2ccccc2)C1. The van der Waals surface area contributed by atoms with E-state index in [1.807, 2.05) is 18.2 Å². The molecule has 2 aromatic carbocycles. The van der Waals surface area contributed by atoms with Crippen molar-refractivity contribution in [2.24, 2.45) is 0 Å². The van der Waals surface area contributed by atoms with Gasteiger partial charge in [0, 0.05) is 24.7 Å². The Balaban J connectivity index is 1.76. The molecule has 1 saturated heterocycles. The van der Waals surface area contributed by atoms with Crippen LogP contribution < -0.4 is 15.4 Å². The minimum atomic E-state index is 0.604. The van der Waals surface area contributed by atoms with Gasteiger partial charge in [-0.25, -0.2) is 0 Å². The summed E-state index contributed by atoms with van der Waals surface area (Å²) in [6.45, 7) is 2.04. The fourth-order valence-electron chi connectivity index (χ4n) is 2.57. The van der Waals surface area contributed by atoms with Gasteiger partial charge in [-0.05, 0) is 23.8 Å². The van der Waals surface area contributed by atoms with E-state index in [0.717, 1.165) is 30.2 Å². The lowest BCUT2D eigenvalue weighted by atomic mass is 9.91. The van der Waals surface area contributed by atoms with Gasteiger partial charge in [0.15, 0.2) is 0 Å². The number of methoxy groups -OCH3 is 1. The number of ether oxygens (including phenoxy) is 1. The second-order valence-corrected chi connectivity index (χ2v) is 4.94. The van der Waals surface area contributed by atoms with Gasteiger partial charge in [0.1, 0.15) is 5.75 Å². The number of hydrogen-bond acceptors (Lipinski definition) is 3. The van der Waals surface area contributed by atoms with Crippen LogP contribution in [0.25, 0.3) is 0 Å².